The molecule has 2 aromatic rings. The fourth-order valence-corrected chi connectivity index (χ4v) is 1.89. The number of imidazole rings is 1. The van der Waals surface area contributed by atoms with Crippen LogP contribution in [0, 0.1) is 14.4 Å². The minimum absolute atomic E-state index is 0. The molecule has 1 radical (unpaired) electrons. The number of hydrogen-bond acceptors (Lipinski definition) is 3. The van der Waals surface area contributed by atoms with Crippen molar-refractivity contribution in [1.82, 2.24) is 9.97 Å². The molecule has 1 aliphatic heterocycles. The number of aryl methyl sites for hydroxylation is 1. The first kappa shape index (κ1) is 17.9. The summed E-state index contributed by atoms with van der Waals surface area (Å²) in [7, 11) is 0. The Bertz CT molecular complexity index is 596. The second-order valence-corrected chi connectivity index (χ2v) is 4.77. The molecule has 0 fully saturated rings. The van der Waals surface area contributed by atoms with Gasteiger partial charge in [-0.05, 0) is 53.3 Å². The van der Waals surface area contributed by atoms with E-state index in [2.05, 4.69) is 19.4 Å². The summed E-state index contributed by atoms with van der Waals surface area (Å²) in [5.74, 6) is 0.338. The van der Waals surface area contributed by atoms with Gasteiger partial charge in [0.05, 0.1) is 0 Å². The number of fused-ring (bicyclic) bond motifs is 2. The summed E-state index contributed by atoms with van der Waals surface area (Å²) in [5, 5.41) is -6.63. The smallest absolute Gasteiger partial charge is 0.414 e. The van der Waals surface area contributed by atoms with Crippen LogP contribution in [0.5, 0.6) is 11.5 Å². The van der Waals surface area contributed by atoms with Gasteiger partial charge in [-0.25, -0.2) is 0 Å². The van der Waals surface area contributed by atoms with Crippen LogP contribution in [-0.4, -0.2) is 15.6 Å². The van der Waals surface area contributed by atoms with Crippen LogP contribution in [0.3, 0.4) is 0 Å². The summed E-state index contributed by atoms with van der Waals surface area (Å²) in [6, 6.07) is 2.71. The number of alkyl halides is 4. The van der Waals surface area contributed by atoms with E-state index >= 15 is 0 Å². The Balaban J connectivity index is 0.000001000. The Morgan fingerprint density at radius 3 is 2.20 bits per heavy atom. The molecule has 4 nitrogen and oxygen atoms in total. The van der Waals surface area contributed by atoms with Crippen LogP contribution in [0.1, 0.15) is 5.82 Å². The fourth-order valence-electron chi connectivity index (χ4n) is 1.65. The molecule has 0 saturated carbocycles. The van der Waals surface area contributed by atoms with Crippen molar-refractivity contribution < 1.29 is 51.0 Å². The average molecular weight is 398 g/mol. The minimum Gasteiger partial charge on any atom is -0.440 e. The third-order valence-corrected chi connectivity index (χ3v) is 3.16. The summed E-state index contributed by atoms with van der Waals surface area (Å²) >= 11 is 10.4. The van der Waals surface area contributed by atoms with Crippen molar-refractivity contribution >= 4 is 34.2 Å². The van der Waals surface area contributed by atoms with E-state index in [9.17, 15) is 8.78 Å². The van der Waals surface area contributed by atoms with Crippen LogP contribution < -0.4 is 14.5 Å². The van der Waals surface area contributed by atoms with E-state index in [1.165, 1.54) is 12.1 Å². The monoisotopic (exact) mass is 397 g/mol. The molecule has 2 atom stereocenters. The van der Waals surface area contributed by atoms with Gasteiger partial charge in [0, 0.05) is 32.7 Å². The SMILES string of the molecule is Cc1nc2cc3c(cc2[n-]1)OC(F)(Cl)C(F)(Cl)O3.[CH3-].[Y]. The molecule has 20 heavy (non-hydrogen) atoms. The van der Waals surface area contributed by atoms with E-state index < -0.39 is 10.6 Å². The number of hydrogen-bond donors (Lipinski definition) is 0. The average Bonchev–Trinajstić information content (AvgIpc) is 2.55. The first-order valence-electron chi connectivity index (χ1n) is 4.87. The minimum atomic E-state index is -3.32. The van der Waals surface area contributed by atoms with Crippen molar-refractivity contribution in [3.8, 4) is 11.5 Å². The van der Waals surface area contributed by atoms with Crippen molar-refractivity contribution in [2.45, 2.75) is 17.6 Å². The molecule has 2 unspecified atom stereocenters. The molecule has 0 amide bonds. The molecule has 2 heterocycles. The zero-order valence-corrected chi connectivity index (χ0v) is 14.8. The van der Waals surface area contributed by atoms with Crippen LogP contribution in [-0.2, 0) is 32.7 Å². The van der Waals surface area contributed by atoms with Crippen molar-refractivity contribution in [3.63, 3.8) is 0 Å². The van der Waals surface area contributed by atoms with Gasteiger partial charge in [0.15, 0.2) is 11.5 Å². The number of rotatable bonds is 0. The molecule has 0 spiro atoms. The summed E-state index contributed by atoms with van der Waals surface area (Å²) < 4.78 is 36.5. The van der Waals surface area contributed by atoms with Gasteiger partial charge in [-0.1, -0.05) is 5.82 Å². The maximum absolute atomic E-state index is 13.6. The molecule has 0 N–H and O–H groups in total. The van der Waals surface area contributed by atoms with E-state index in [1.54, 1.807) is 6.92 Å². The predicted molar refractivity (Wildman–Crippen MR) is 66.9 cm³/mol. The Kier molecular flexibility index (Phi) is 4.97. The maximum Gasteiger partial charge on any atom is 0.414 e. The van der Waals surface area contributed by atoms with Crippen LogP contribution in [0.25, 0.3) is 11.0 Å². The van der Waals surface area contributed by atoms with E-state index in [1.807, 2.05) is 0 Å². The van der Waals surface area contributed by atoms with Crippen molar-refractivity contribution in [3.05, 3.63) is 25.4 Å². The molecule has 0 saturated heterocycles. The molecule has 9 heteroatoms. The van der Waals surface area contributed by atoms with Gasteiger partial charge >= 0.3 is 10.6 Å². The molecule has 107 valence electrons. The molecule has 1 aromatic carbocycles. The van der Waals surface area contributed by atoms with Gasteiger partial charge in [-0.15, -0.1) is 0 Å². The molecular formula is C11H8Cl2F2N2O2Y-2. The Labute approximate surface area is 149 Å². The quantitative estimate of drug-likeness (QED) is 0.504. The molecule has 0 aliphatic carbocycles. The zero-order chi connectivity index (χ0) is 13.1. The van der Waals surface area contributed by atoms with Crippen LogP contribution in [0.2, 0.25) is 0 Å². The first-order chi connectivity index (χ1) is 8.28. The zero-order valence-electron chi connectivity index (χ0n) is 10.5. The standard InChI is InChI=1S/C10H5Cl2F2N2O2.CH3.Y/c1-4-15-5-2-7-8(3-6(5)16-4)18-10(12,14)9(11,13)17-7;;/h2-3H,1H3;1H3;/q2*-1;. The Hall–Kier alpha value is -0.166. The van der Waals surface area contributed by atoms with Crippen molar-refractivity contribution in [2.75, 3.05) is 0 Å². The largest absolute Gasteiger partial charge is 0.440 e. The first-order valence-corrected chi connectivity index (χ1v) is 5.63. The van der Waals surface area contributed by atoms with E-state index in [0.29, 0.717) is 16.9 Å². The molecule has 0 bridgehead atoms. The second kappa shape index (κ2) is 5.56. The molecule has 1 aromatic heterocycles. The molecule has 3 rings (SSSR count). The van der Waals surface area contributed by atoms with Gasteiger partial charge in [-0.3, -0.25) is 0 Å². The Morgan fingerprint density at radius 2 is 1.65 bits per heavy atom. The van der Waals surface area contributed by atoms with Gasteiger partial charge < -0.3 is 26.9 Å². The van der Waals surface area contributed by atoms with Gasteiger partial charge in [0.1, 0.15) is 0 Å². The normalized spacial score (nSPS) is 27.6. The number of benzene rings is 1. The van der Waals surface area contributed by atoms with Crippen LogP contribution >= 0.6 is 23.2 Å². The molecular weight excluding hydrogens is 390 g/mol. The van der Waals surface area contributed by atoms with Gasteiger partial charge in [0.25, 0.3) is 0 Å². The summed E-state index contributed by atoms with van der Waals surface area (Å²) in [6.45, 7) is 1.68. The van der Waals surface area contributed by atoms with Crippen molar-refractivity contribution in [1.29, 1.82) is 0 Å². The van der Waals surface area contributed by atoms with E-state index in [4.69, 9.17) is 23.2 Å². The number of ether oxygens (including phenoxy) is 2. The predicted octanol–water partition coefficient (Wildman–Crippen LogP) is 3.44. The van der Waals surface area contributed by atoms with E-state index in [0.717, 1.165) is 0 Å². The van der Waals surface area contributed by atoms with Gasteiger partial charge in [-0.2, -0.15) is 8.78 Å². The summed E-state index contributed by atoms with van der Waals surface area (Å²) in [6.07, 6.45) is 0. The summed E-state index contributed by atoms with van der Waals surface area (Å²) in [4.78, 5) is 8.13. The third-order valence-electron chi connectivity index (χ3n) is 2.42. The number of aromatic nitrogens is 2. The number of halogens is 4. The van der Waals surface area contributed by atoms with Crippen molar-refractivity contribution in [2.24, 2.45) is 0 Å². The van der Waals surface area contributed by atoms with Gasteiger partial charge in [0.2, 0.25) is 0 Å². The fraction of sp³-hybridized carbons (Fsp3) is 0.273. The van der Waals surface area contributed by atoms with Crippen LogP contribution in [0.15, 0.2) is 12.1 Å². The van der Waals surface area contributed by atoms with E-state index in [-0.39, 0.29) is 51.6 Å². The Morgan fingerprint density at radius 1 is 1.15 bits per heavy atom. The topological polar surface area (TPSA) is 45.5 Å². The van der Waals surface area contributed by atoms with Crippen LogP contribution in [0.4, 0.5) is 8.78 Å². The summed E-state index contributed by atoms with van der Waals surface area (Å²) in [5.41, 5.74) is 0.923. The number of nitrogens with zero attached hydrogens (tertiary/aromatic N) is 2. The molecule has 1 aliphatic rings. The second-order valence-electron chi connectivity index (χ2n) is 3.80. The third kappa shape index (κ3) is 2.75. The maximum atomic E-state index is 13.6.